The number of nitrogens with zero attached hydrogens (tertiary/aromatic N) is 1. The molecule has 2 rings (SSSR count). The van der Waals surface area contributed by atoms with E-state index in [-0.39, 0.29) is 11.1 Å². The Morgan fingerprint density at radius 3 is 2.38 bits per heavy atom. The lowest BCUT2D eigenvalue weighted by molar-refractivity contribution is -0.384. The number of nitro groups is 1. The lowest BCUT2D eigenvalue weighted by Crippen LogP contribution is -2.16. The molecule has 2 aromatic rings. The molecule has 0 saturated heterocycles. The van der Waals surface area contributed by atoms with Gasteiger partial charge in [0.1, 0.15) is 11.5 Å². The Morgan fingerprint density at radius 2 is 1.81 bits per heavy atom. The normalized spacial score (nSPS) is 11.2. The zero-order valence-corrected chi connectivity index (χ0v) is 12.5. The van der Waals surface area contributed by atoms with Gasteiger partial charge in [-0.05, 0) is 30.0 Å². The molecule has 21 heavy (non-hydrogen) atoms. The fourth-order valence-electron chi connectivity index (χ4n) is 2.07. The summed E-state index contributed by atoms with van der Waals surface area (Å²) in [7, 11) is 0. The number of para-hydroxylation sites is 1. The molecular formula is C17H19NO3. The summed E-state index contributed by atoms with van der Waals surface area (Å²) in [5.74, 6) is 1.22. The molecule has 0 saturated carbocycles. The molecule has 110 valence electrons. The molecule has 0 atom stereocenters. The first-order valence-electron chi connectivity index (χ1n) is 6.96. The molecule has 0 amide bonds. The van der Waals surface area contributed by atoms with Gasteiger partial charge in [0.05, 0.1) is 11.0 Å². The van der Waals surface area contributed by atoms with E-state index in [0.29, 0.717) is 11.5 Å². The summed E-state index contributed by atoms with van der Waals surface area (Å²) < 4.78 is 5.88. The summed E-state index contributed by atoms with van der Waals surface area (Å²) >= 11 is 0. The van der Waals surface area contributed by atoms with Crippen molar-refractivity contribution in [2.45, 2.75) is 32.6 Å². The molecule has 0 N–H and O–H groups in total. The number of benzene rings is 2. The van der Waals surface area contributed by atoms with Crippen LogP contribution in [0.2, 0.25) is 0 Å². The van der Waals surface area contributed by atoms with Crippen LogP contribution in [0.15, 0.2) is 48.5 Å². The van der Waals surface area contributed by atoms with E-state index < -0.39 is 4.92 Å². The molecular weight excluding hydrogens is 266 g/mol. The fourth-order valence-corrected chi connectivity index (χ4v) is 2.07. The third-order valence-electron chi connectivity index (χ3n) is 3.76. The molecule has 0 heterocycles. The van der Waals surface area contributed by atoms with Crippen molar-refractivity contribution in [2.75, 3.05) is 0 Å². The minimum atomic E-state index is -0.402. The predicted molar refractivity (Wildman–Crippen MR) is 82.9 cm³/mol. The highest BCUT2D eigenvalue weighted by atomic mass is 16.6. The Labute approximate surface area is 124 Å². The number of non-ortho nitro benzene ring substituents is 1. The van der Waals surface area contributed by atoms with Crippen LogP contribution in [0.25, 0.3) is 0 Å². The smallest absolute Gasteiger partial charge is 0.273 e. The van der Waals surface area contributed by atoms with Crippen LogP contribution in [-0.4, -0.2) is 4.92 Å². The molecule has 4 nitrogen and oxygen atoms in total. The Kier molecular flexibility index (Phi) is 4.26. The number of rotatable bonds is 5. The van der Waals surface area contributed by atoms with E-state index in [4.69, 9.17) is 4.74 Å². The van der Waals surface area contributed by atoms with Crippen molar-refractivity contribution >= 4 is 5.69 Å². The van der Waals surface area contributed by atoms with Gasteiger partial charge in [-0.1, -0.05) is 39.0 Å². The van der Waals surface area contributed by atoms with Crippen LogP contribution in [0.5, 0.6) is 11.5 Å². The van der Waals surface area contributed by atoms with Crippen LogP contribution in [-0.2, 0) is 5.41 Å². The Hall–Kier alpha value is -2.36. The first-order chi connectivity index (χ1) is 9.94. The van der Waals surface area contributed by atoms with Crippen molar-refractivity contribution in [1.29, 1.82) is 0 Å². The number of hydrogen-bond donors (Lipinski definition) is 0. The molecule has 0 aliphatic rings. The zero-order chi connectivity index (χ0) is 15.5. The molecule has 0 unspecified atom stereocenters. The lowest BCUT2D eigenvalue weighted by Gasteiger charge is -2.25. The van der Waals surface area contributed by atoms with Crippen molar-refractivity contribution in [3.8, 4) is 11.5 Å². The molecule has 0 radical (unpaired) electrons. The number of ether oxygens (including phenoxy) is 1. The average Bonchev–Trinajstić information content (AvgIpc) is 2.48. The minimum Gasteiger partial charge on any atom is -0.457 e. The minimum absolute atomic E-state index is 0.0385. The molecule has 0 bridgehead atoms. The predicted octanol–water partition coefficient (Wildman–Crippen LogP) is 5.07. The molecule has 0 aliphatic heterocycles. The maximum Gasteiger partial charge on any atom is 0.273 e. The second-order valence-corrected chi connectivity index (χ2v) is 5.59. The van der Waals surface area contributed by atoms with Crippen LogP contribution < -0.4 is 4.74 Å². The highest BCUT2D eigenvalue weighted by Crippen LogP contribution is 2.38. The Bertz CT molecular complexity index is 636. The van der Waals surface area contributed by atoms with E-state index in [0.717, 1.165) is 12.0 Å². The van der Waals surface area contributed by atoms with Gasteiger partial charge in [-0.2, -0.15) is 0 Å². The summed E-state index contributed by atoms with van der Waals surface area (Å²) in [6, 6.07) is 14.1. The second kappa shape index (κ2) is 5.95. The van der Waals surface area contributed by atoms with Gasteiger partial charge in [0.25, 0.3) is 5.69 Å². The van der Waals surface area contributed by atoms with Crippen LogP contribution in [0.1, 0.15) is 32.8 Å². The van der Waals surface area contributed by atoms with Gasteiger partial charge in [0.15, 0.2) is 0 Å². The summed E-state index contributed by atoms with van der Waals surface area (Å²) in [6.45, 7) is 6.30. The monoisotopic (exact) mass is 285 g/mol. The maximum atomic E-state index is 11.0. The lowest BCUT2D eigenvalue weighted by atomic mass is 9.81. The summed E-state index contributed by atoms with van der Waals surface area (Å²) in [5.41, 5.74) is 0.898. The van der Waals surface area contributed by atoms with Crippen molar-refractivity contribution in [3.63, 3.8) is 0 Å². The second-order valence-electron chi connectivity index (χ2n) is 5.59. The van der Waals surface area contributed by atoms with Gasteiger partial charge in [-0.3, -0.25) is 10.1 Å². The van der Waals surface area contributed by atoms with Crippen molar-refractivity contribution in [2.24, 2.45) is 0 Å². The van der Waals surface area contributed by atoms with E-state index >= 15 is 0 Å². The van der Waals surface area contributed by atoms with Gasteiger partial charge < -0.3 is 4.74 Å². The SMILES string of the molecule is CCC(C)(C)c1ccc([N+](=O)[O-])cc1Oc1ccccc1. The average molecular weight is 285 g/mol. The van der Waals surface area contributed by atoms with Crippen molar-refractivity contribution in [1.82, 2.24) is 0 Å². The first-order valence-corrected chi connectivity index (χ1v) is 6.96. The summed E-state index contributed by atoms with van der Waals surface area (Å²) in [6.07, 6.45) is 0.913. The fraction of sp³-hybridized carbons (Fsp3) is 0.294. The van der Waals surface area contributed by atoms with Crippen molar-refractivity contribution < 1.29 is 9.66 Å². The van der Waals surface area contributed by atoms with Gasteiger partial charge in [0, 0.05) is 11.6 Å². The van der Waals surface area contributed by atoms with Crippen LogP contribution in [0, 0.1) is 10.1 Å². The van der Waals surface area contributed by atoms with Gasteiger partial charge >= 0.3 is 0 Å². The summed E-state index contributed by atoms with van der Waals surface area (Å²) in [5, 5.41) is 11.0. The van der Waals surface area contributed by atoms with E-state index in [1.807, 2.05) is 30.3 Å². The topological polar surface area (TPSA) is 52.4 Å². The molecule has 2 aromatic carbocycles. The molecule has 4 heteroatoms. The zero-order valence-electron chi connectivity index (χ0n) is 12.5. The van der Waals surface area contributed by atoms with Crippen molar-refractivity contribution in [3.05, 3.63) is 64.2 Å². The molecule has 0 aromatic heterocycles. The Morgan fingerprint density at radius 1 is 1.14 bits per heavy atom. The van der Waals surface area contributed by atoms with E-state index in [2.05, 4.69) is 20.8 Å². The first kappa shape index (κ1) is 15.0. The summed E-state index contributed by atoms with van der Waals surface area (Å²) in [4.78, 5) is 10.6. The number of hydrogen-bond acceptors (Lipinski definition) is 3. The van der Waals surface area contributed by atoms with Gasteiger partial charge in [-0.15, -0.1) is 0 Å². The Balaban J connectivity index is 2.48. The van der Waals surface area contributed by atoms with Crippen LogP contribution in [0.4, 0.5) is 5.69 Å². The largest absolute Gasteiger partial charge is 0.457 e. The van der Waals surface area contributed by atoms with Gasteiger partial charge in [0.2, 0.25) is 0 Å². The maximum absolute atomic E-state index is 11.0. The molecule has 0 aliphatic carbocycles. The standard InChI is InChI=1S/C17H19NO3/c1-4-17(2,3)15-11-10-13(18(19)20)12-16(15)21-14-8-6-5-7-9-14/h5-12H,4H2,1-3H3. The molecule has 0 spiro atoms. The highest BCUT2D eigenvalue weighted by molar-refractivity contribution is 5.49. The molecule has 0 fully saturated rings. The third kappa shape index (κ3) is 3.40. The number of nitro benzene ring substituents is 1. The van der Waals surface area contributed by atoms with Crippen LogP contribution >= 0.6 is 0 Å². The van der Waals surface area contributed by atoms with E-state index in [9.17, 15) is 10.1 Å². The highest BCUT2D eigenvalue weighted by Gasteiger charge is 2.24. The quantitative estimate of drug-likeness (QED) is 0.569. The van der Waals surface area contributed by atoms with Crippen LogP contribution in [0.3, 0.4) is 0 Å². The third-order valence-corrected chi connectivity index (χ3v) is 3.76. The van der Waals surface area contributed by atoms with E-state index in [1.165, 1.54) is 12.1 Å². The van der Waals surface area contributed by atoms with E-state index in [1.54, 1.807) is 6.07 Å². The van der Waals surface area contributed by atoms with Gasteiger partial charge in [-0.25, -0.2) is 0 Å².